The van der Waals surface area contributed by atoms with Gasteiger partial charge >= 0.3 is 5.97 Å². The Kier molecular flexibility index (Phi) is 3.08. The number of pyridine rings is 1. The number of methoxy groups -OCH3 is 1. The molecule has 0 aliphatic heterocycles. The fourth-order valence-corrected chi connectivity index (χ4v) is 1.90. The Morgan fingerprint density at radius 2 is 2.29 bits per heavy atom. The Bertz CT molecular complexity index is 546. The van der Waals surface area contributed by atoms with E-state index in [1.54, 1.807) is 12.4 Å². The first-order chi connectivity index (χ1) is 8.13. The molecule has 2 aromatic heterocycles. The molecular weight excluding hydrogens is 218 g/mol. The van der Waals surface area contributed by atoms with E-state index in [1.807, 2.05) is 10.6 Å². The lowest BCUT2D eigenvalue weighted by Crippen LogP contribution is -2.12. The van der Waals surface area contributed by atoms with E-state index < -0.39 is 0 Å². The van der Waals surface area contributed by atoms with Gasteiger partial charge in [-0.3, -0.25) is 9.78 Å². The number of carbonyl (C=O) groups is 1. The summed E-state index contributed by atoms with van der Waals surface area (Å²) in [6.45, 7) is 4.12. The normalized spacial score (nSPS) is 11.1. The molecule has 0 radical (unpaired) electrons. The van der Waals surface area contributed by atoms with Gasteiger partial charge in [-0.15, -0.1) is 0 Å². The number of hydrogen-bond donors (Lipinski definition) is 0. The van der Waals surface area contributed by atoms with Gasteiger partial charge < -0.3 is 9.30 Å². The van der Waals surface area contributed by atoms with Gasteiger partial charge in [0.2, 0.25) is 0 Å². The van der Waals surface area contributed by atoms with Crippen molar-refractivity contribution in [1.82, 2.24) is 14.5 Å². The zero-order chi connectivity index (χ0) is 12.4. The maximum Gasteiger partial charge on any atom is 0.313 e. The van der Waals surface area contributed by atoms with E-state index in [1.165, 1.54) is 7.11 Å². The molecule has 0 fully saturated rings. The number of nitrogens with zero attached hydrogens (tertiary/aromatic N) is 3. The number of fused-ring (bicyclic) bond motifs is 1. The standard InChI is InChI=1S/C12H15N3O2/c1-8(2)15-10-4-5-13-7-9(10)14-11(15)6-12(16)17-3/h4-5,7-8H,6H2,1-3H3. The van der Waals surface area contributed by atoms with E-state index in [9.17, 15) is 4.79 Å². The van der Waals surface area contributed by atoms with Gasteiger partial charge in [-0.2, -0.15) is 0 Å². The van der Waals surface area contributed by atoms with Crippen molar-refractivity contribution in [3.05, 3.63) is 24.3 Å². The monoisotopic (exact) mass is 233 g/mol. The number of imidazole rings is 1. The summed E-state index contributed by atoms with van der Waals surface area (Å²) < 4.78 is 6.71. The highest BCUT2D eigenvalue weighted by Crippen LogP contribution is 2.20. The molecule has 0 saturated carbocycles. The summed E-state index contributed by atoms with van der Waals surface area (Å²) in [4.78, 5) is 19.8. The first-order valence-electron chi connectivity index (χ1n) is 5.51. The van der Waals surface area contributed by atoms with Crippen LogP contribution in [0.4, 0.5) is 0 Å². The van der Waals surface area contributed by atoms with Crippen molar-refractivity contribution in [2.75, 3.05) is 7.11 Å². The van der Waals surface area contributed by atoms with Crippen molar-refractivity contribution in [1.29, 1.82) is 0 Å². The maximum atomic E-state index is 11.3. The Morgan fingerprint density at radius 1 is 1.53 bits per heavy atom. The Morgan fingerprint density at radius 3 is 2.94 bits per heavy atom. The molecule has 0 unspecified atom stereocenters. The molecule has 0 bridgehead atoms. The van der Waals surface area contributed by atoms with E-state index in [0.29, 0.717) is 0 Å². The average Bonchev–Trinajstić information content (AvgIpc) is 2.66. The molecule has 0 amide bonds. The topological polar surface area (TPSA) is 57.0 Å². The summed E-state index contributed by atoms with van der Waals surface area (Å²) >= 11 is 0. The molecule has 2 aromatic rings. The van der Waals surface area contributed by atoms with Gasteiger partial charge in [-0.05, 0) is 19.9 Å². The fourth-order valence-electron chi connectivity index (χ4n) is 1.90. The molecule has 0 spiro atoms. The van der Waals surface area contributed by atoms with Crippen LogP contribution < -0.4 is 0 Å². The summed E-state index contributed by atoms with van der Waals surface area (Å²) in [5, 5.41) is 0. The van der Waals surface area contributed by atoms with Crippen LogP contribution >= 0.6 is 0 Å². The van der Waals surface area contributed by atoms with Crippen molar-refractivity contribution in [3.8, 4) is 0 Å². The number of hydrogen-bond acceptors (Lipinski definition) is 4. The lowest BCUT2D eigenvalue weighted by molar-refractivity contribution is -0.139. The van der Waals surface area contributed by atoms with E-state index in [4.69, 9.17) is 0 Å². The fraction of sp³-hybridized carbons (Fsp3) is 0.417. The largest absolute Gasteiger partial charge is 0.469 e. The molecule has 17 heavy (non-hydrogen) atoms. The Labute approximate surface area is 99.4 Å². The molecule has 0 N–H and O–H groups in total. The third kappa shape index (κ3) is 2.13. The molecule has 5 heteroatoms. The van der Waals surface area contributed by atoms with Crippen LogP contribution in [0.15, 0.2) is 18.5 Å². The molecular formula is C12H15N3O2. The highest BCUT2D eigenvalue weighted by atomic mass is 16.5. The maximum absolute atomic E-state index is 11.3. The highest BCUT2D eigenvalue weighted by molar-refractivity contribution is 5.77. The molecule has 0 aliphatic rings. The lowest BCUT2D eigenvalue weighted by atomic mass is 10.3. The molecule has 0 aromatic carbocycles. The van der Waals surface area contributed by atoms with Crippen molar-refractivity contribution < 1.29 is 9.53 Å². The summed E-state index contributed by atoms with van der Waals surface area (Å²) in [5.74, 6) is 0.435. The third-order valence-corrected chi connectivity index (χ3v) is 2.61. The molecule has 2 heterocycles. The van der Waals surface area contributed by atoms with E-state index >= 15 is 0 Å². The van der Waals surface area contributed by atoms with Crippen LogP contribution in [0.3, 0.4) is 0 Å². The highest BCUT2D eigenvalue weighted by Gasteiger charge is 2.16. The minimum absolute atomic E-state index is 0.184. The van der Waals surface area contributed by atoms with Crippen LogP contribution in [-0.4, -0.2) is 27.6 Å². The van der Waals surface area contributed by atoms with E-state index in [0.717, 1.165) is 16.9 Å². The molecule has 90 valence electrons. The number of ether oxygens (including phenoxy) is 1. The van der Waals surface area contributed by atoms with Crippen LogP contribution in [0.1, 0.15) is 25.7 Å². The van der Waals surface area contributed by atoms with Crippen LogP contribution in [-0.2, 0) is 16.0 Å². The SMILES string of the molecule is COC(=O)Cc1nc2cnccc2n1C(C)C. The van der Waals surface area contributed by atoms with Crippen molar-refractivity contribution in [2.24, 2.45) is 0 Å². The minimum atomic E-state index is -0.282. The Balaban J connectivity index is 2.53. The third-order valence-electron chi connectivity index (χ3n) is 2.61. The van der Waals surface area contributed by atoms with Crippen LogP contribution in [0.2, 0.25) is 0 Å². The lowest BCUT2D eigenvalue weighted by Gasteiger charge is -2.12. The van der Waals surface area contributed by atoms with Crippen LogP contribution in [0.25, 0.3) is 11.0 Å². The quantitative estimate of drug-likeness (QED) is 0.757. The van der Waals surface area contributed by atoms with Gasteiger partial charge in [0, 0.05) is 12.2 Å². The van der Waals surface area contributed by atoms with Crippen molar-refractivity contribution in [2.45, 2.75) is 26.3 Å². The van der Waals surface area contributed by atoms with Gasteiger partial charge in [0.25, 0.3) is 0 Å². The zero-order valence-corrected chi connectivity index (χ0v) is 10.2. The van der Waals surface area contributed by atoms with Gasteiger partial charge in [-0.1, -0.05) is 0 Å². The van der Waals surface area contributed by atoms with Gasteiger partial charge in [0.05, 0.1) is 18.8 Å². The summed E-state index contributed by atoms with van der Waals surface area (Å²) in [6.07, 6.45) is 3.61. The predicted molar refractivity (Wildman–Crippen MR) is 63.6 cm³/mol. The van der Waals surface area contributed by atoms with Gasteiger partial charge in [0.15, 0.2) is 0 Å². The molecule has 0 saturated heterocycles. The first-order valence-corrected chi connectivity index (χ1v) is 5.51. The second-order valence-electron chi connectivity index (χ2n) is 4.11. The molecule has 5 nitrogen and oxygen atoms in total. The van der Waals surface area contributed by atoms with Gasteiger partial charge in [0.1, 0.15) is 17.8 Å². The minimum Gasteiger partial charge on any atom is -0.469 e. The Hall–Kier alpha value is -1.91. The molecule has 2 rings (SSSR count). The molecule has 0 aliphatic carbocycles. The van der Waals surface area contributed by atoms with Crippen molar-refractivity contribution in [3.63, 3.8) is 0 Å². The average molecular weight is 233 g/mol. The van der Waals surface area contributed by atoms with Crippen molar-refractivity contribution >= 4 is 17.0 Å². The summed E-state index contributed by atoms with van der Waals surface area (Å²) in [7, 11) is 1.38. The van der Waals surface area contributed by atoms with Gasteiger partial charge in [-0.25, -0.2) is 4.98 Å². The zero-order valence-electron chi connectivity index (χ0n) is 10.2. The first kappa shape index (κ1) is 11.6. The van der Waals surface area contributed by atoms with Crippen LogP contribution in [0.5, 0.6) is 0 Å². The predicted octanol–water partition coefficient (Wildman–Crippen LogP) is 1.73. The van der Waals surface area contributed by atoms with E-state index in [2.05, 4.69) is 28.6 Å². The number of aromatic nitrogens is 3. The second kappa shape index (κ2) is 4.53. The number of carbonyl (C=O) groups excluding carboxylic acids is 1. The summed E-state index contributed by atoms with van der Waals surface area (Å²) in [6, 6.07) is 2.14. The van der Waals surface area contributed by atoms with Crippen LogP contribution in [0, 0.1) is 0 Å². The second-order valence-corrected chi connectivity index (χ2v) is 4.11. The molecule has 0 atom stereocenters. The number of rotatable bonds is 3. The van der Waals surface area contributed by atoms with E-state index in [-0.39, 0.29) is 18.4 Å². The number of esters is 1. The summed E-state index contributed by atoms with van der Waals surface area (Å²) in [5.41, 5.74) is 1.80. The smallest absolute Gasteiger partial charge is 0.313 e.